The molecule has 2 atom stereocenters. The van der Waals surface area contributed by atoms with Crippen LogP contribution in [0.25, 0.3) is 0 Å². The number of amides is 1. The highest BCUT2D eigenvalue weighted by atomic mass is 35.5. The van der Waals surface area contributed by atoms with Gasteiger partial charge in [0, 0.05) is 11.6 Å². The summed E-state index contributed by atoms with van der Waals surface area (Å²) in [5, 5.41) is 9.62. The van der Waals surface area contributed by atoms with Gasteiger partial charge in [0.15, 0.2) is 8.32 Å². The fourth-order valence-electron chi connectivity index (χ4n) is 2.38. The van der Waals surface area contributed by atoms with Crippen molar-refractivity contribution in [2.75, 3.05) is 19.8 Å². The van der Waals surface area contributed by atoms with E-state index in [0.717, 1.165) is 0 Å². The maximum absolute atomic E-state index is 12.3. The van der Waals surface area contributed by atoms with Gasteiger partial charge in [0.1, 0.15) is 6.61 Å². The lowest BCUT2D eigenvalue weighted by molar-refractivity contribution is 0.107. The van der Waals surface area contributed by atoms with Crippen molar-refractivity contribution in [1.29, 1.82) is 0 Å². The highest BCUT2D eigenvalue weighted by molar-refractivity contribution is 6.74. The van der Waals surface area contributed by atoms with Gasteiger partial charge >= 0.3 is 6.09 Å². The second-order valence-electron chi connectivity index (χ2n) is 7.54. The Bertz CT molecular complexity index is 487. The van der Waals surface area contributed by atoms with E-state index in [4.69, 9.17) is 25.9 Å². The van der Waals surface area contributed by atoms with E-state index in [9.17, 15) is 4.79 Å². The molecule has 0 radical (unpaired) electrons. The average molecular weight is 376 g/mol. The Morgan fingerprint density at radius 1 is 1.46 bits per heavy atom. The monoisotopic (exact) mass is 375 g/mol. The molecule has 1 amide bonds. The fraction of sp³-hybridized carbons (Fsp3) is 0.706. The van der Waals surface area contributed by atoms with E-state index in [1.54, 1.807) is 4.90 Å². The van der Waals surface area contributed by atoms with Crippen LogP contribution in [0.15, 0.2) is 23.8 Å². The quantitative estimate of drug-likeness (QED) is 0.565. The minimum absolute atomic E-state index is 0.0873. The molecule has 0 aromatic carbocycles. The third-order valence-corrected chi connectivity index (χ3v) is 9.64. The highest BCUT2D eigenvalue weighted by Crippen LogP contribution is 2.39. The summed E-state index contributed by atoms with van der Waals surface area (Å²) in [5.41, 5.74) is 0. The van der Waals surface area contributed by atoms with Crippen LogP contribution in [0.2, 0.25) is 18.1 Å². The third kappa shape index (κ3) is 5.34. The van der Waals surface area contributed by atoms with Crippen LogP contribution in [0.4, 0.5) is 4.79 Å². The molecule has 1 fully saturated rings. The molecule has 1 saturated heterocycles. The molecule has 0 spiro atoms. The molecule has 138 valence electrons. The van der Waals surface area contributed by atoms with Crippen LogP contribution in [0.3, 0.4) is 0 Å². The number of hydrogen-bond donors (Lipinski definition) is 1. The van der Waals surface area contributed by atoms with E-state index < -0.39 is 14.4 Å². The lowest BCUT2D eigenvalue weighted by atomic mass is 10.2. The molecule has 7 heteroatoms. The molecule has 24 heavy (non-hydrogen) atoms. The van der Waals surface area contributed by atoms with Gasteiger partial charge in [-0.25, -0.2) is 4.79 Å². The first-order valence-electron chi connectivity index (χ1n) is 8.22. The van der Waals surface area contributed by atoms with E-state index in [1.165, 1.54) is 12.2 Å². The van der Waals surface area contributed by atoms with E-state index >= 15 is 0 Å². The molecule has 0 bridgehead atoms. The van der Waals surface area contributed by atoms with Crippen molar-refractivity contribution in [3.05, 3.63) is 23.8 Å². The molecule has 0 aromatic heterocycles. The van der Waals surface area contributed by atoms with Gasteiger partial charge in [-0.15, -0.1) is 0 Å². The van der Waals surface area contributed by atoms with Crippen LogP contribution < -0.4 is 0 Å². The van der Waals surface area contributed by atoms with Gasteiger partial charge in [0.2, 0.25) is 0 Å². The van der Waals surface area contributed by atoms with Crippen LogP contribution in [-0.2, 0) is 9.16 Å². The molecule has 1 aliphatic rings. The van der Waals surface area contributed by atoms with Gasteiger partial charge in [-0.1, -0.05) is 45.0 Å². The number of aliphatic hydroxyl groups is 1. The Hall–Kier alpha value is -0.823. The Morgan fingerprint density at radius 2 is 2.08 bits per heavy atom. The molecule has 0 saturated carbocycles. The van der Waals surface area contributed by atoms with E-state index in [1.807, 2.05) is 0 Å². The summed E-state index contributed by atoms with van der Waals surface area (Å²) in [4.78, 5) is 13.9. The number of aliphatic hydroxyl groups excluding tert-OH is 1. The van der Waals surface area contributed by atoms with Gasteiger partial charge in [0.05, 0.1) is 18.8 Å². The Balaban J connectivity index is 2.92. The van der Waals surface area contributed by atoms with Crippen molar-refractivity contribution in [2.45, 2.75) is 57.5 Å². The third-order valence-electron chi connectivity index (χ3n) is 4.69. The summed E-state index contributed by atoms with van der Waals surface area (Å²) in [6, 6.07) is -0.328. The number of carbonyl (C=O) groups is 1. The normalized spacial score (nSPS) is 22.6. The van der Waals surface area contributed by atoms with E-state index in [2.05, 4.69) is 40.4 Å². The zero-order valence-electron chi connectivity index (χ0n) is 15.3. The Labute approximate surface area is 151 Å². The van der Waals surface area contributed by atoms with Crippen LogP contribution >= 0.6 is 11.6 Å². The summed E-state index contributed by atoms with van der Waals surface area (Å²) in [7, 11) is -1.95. The zero-order valence-corrected chi connectivity index (χ0v) is 17.1. The predicted octanol–water partition coefficient (Wildman–Crippen LogP) is 3.89. The lowest BCUT2D eigenvalue weighted by Gasteiger charge is -2.38. The number of rotatable bonds is 6. The molecule has 5 nitrogen and oxygen atoms in total. The number of likely N-dealkylation sites (tertiary alicyclic amines) is 1. The number of halogens is 1. The molecular formula is C17H30ClNO4Si. The first kappa shape index (κ1) is 21.2. The van der Waals surface area contributed by atoms with Crippen molar-refractivity contribution in [2.24, 2.45) is 0 Å². The van der Waals surface area contributed by atoms with Gasteiger partial charge in [-0.05, 0) is 30.6 Å². The minimum Gasteiger partial charge on any atom is -0.445 e. The zero-order chi connectivity index (χ0) is 18.5. The molecule has 1 heterocycles. The molecule has 1 rings (SSSR count). The van der Waals surface area contributed by atoms with Crippen molar-refractivity contribution in [3.8, 4) is 0 Å². The van der Waals surface area contributed by atoms with Crippen LogP contribution in [-0.4, -0.2) is 56.3 Å². The maximum atomic E-state index is 12.3. The van der Waals surface area contributed by atoms with Gasteiger partial charge in [-0.2, -0.15) is 0 Å². The molecular weight excluding hydrogens is 346 g/mol. The largest absolute Gasteiger partial charge is 0.445 e. The van der Waals surface area contributed by atoms with Crippen LogP contribution in [0, 0.1) is 0 Å². The van der Waals surface area contributed by atoms with Crippen molar-refractivity contribution >= 4 is 26.0 Å². The summed E-state index contributed by atoms with van der Waals surface area (Å²) in [5.74, 6) is 0. The molecule has 0 aliphatic carbocycles. The van der Waals surface area contributed by atoms with Crippen LogP contribution in [0.5, 0.6) is 0 Å². The first-order chi connectivity index (χ1) is 11.0. The molecule has 1 N–H and O–H groups in total. The first-order valence-corrected chi connectivity index (χ1v) is 11.5. The van der Waals surface area contributed by atoms with Crippen molar-refractivity contribution < 1.29 is 19.1 Å². The Kier molecular flexibility index (Phi) is 7.53. The van der Waals surface area contributed by atoms with E-state index in [0.29, 0.717) is 18.0 Å². The number of carbonyl (C=O) groups excluding carboxylic acids is 1. The smallest absolute Gasteiger partial charge is 0.410 e. The molecule has 0 aromatic rings. The van der Waals surface area contributed by atoms with Gasteiger partial charge in [0.25, 0.3) is 0 Å². The van der Waals surface area contributed by atoms with Crippen molar-refractivity contribution in [3.63, 3.8) is 0 Å². The van der Waals surface area contributed by atoms with Gasteiger partial charge in [-0.3, -0.25) is 4.90 Å². The lowest BCUT2D eigenvalue weighted by Crippen LogP contribution is -2.44. The molecule has 0 unspecified atom stereocenters. The number of nitrogens with zero attached hydrogens (tertiary/aromatic N) is 1. The van der Waals surface area contributed by atoms with Gasteiger partial charge < -0.3 is 14.3 Å². The minimum atomic E-state index is -1.95. The SMILES string of the molecule is C=CCOC(=O)N1C[C@H](O[Si](C)(C)C(C)(C)C)C[C@H]1/C(Cl)=C\CO. The predicted molar refractivity (Wildman–Crippen MR) is 99.7 cm³/mol. The highest BCUT2D eigenvalue weighted by Gasteiger charge is 2.44. The molecule has 1 aliphatic heterocycles. The summed E-state index contributed by atoms with van der Waals surface area (Å²) in [6.45, 7) is 14.9. The second kappa shape index (κ2) is 8.51. The summed E-state index contributed by atoms with van der Waals surface area (Å²) >= 11 is 6.27. The fourth-order valence-corrected chi connectivity index (χ4v) is 4.01. The number of hydrogen-bond acceptors (Lipinski definition) is 4. The topological polar surface area (TPSA) is 59.0 Å². The summed E-state index contributed by atoms with van der Waals surface area (Å²) in [6.07, 6.45) is 3.11. The van der Waals surface area contributed by atoms with E-state index in [-0.39, 0.29) is 30.4 Å². The Morgan fingerprint density at radius 3 is 2.58 bits per heavy atom. The van der Waals surface area contributed by atoms with Crippen molar-refractivity contribution in [1.82, 2.24) is 4.90 Å². The van der Waals surface area contributed by atoms with Crippen LogP contribution in [0.1, 0.15) is 27.2 Å². The summed E-state index contributed by atoms with van der Waals surface area (Å²) < 4.78 is 11.6. The average Bonchev–Trinajstić information content (AvgIpc) is 2.87. The standard InChI is InChI=1S/C17H30ClNO4Si/c1-7-10-22-16(21)19-12-13(11-15(19)14(18)8-9-20)23-24(5,6)17(2,3)4/h7-8,13,15,20H,1,9-12H2,2-6H3/b14-8+/t13-,15+/m1/s1. The second-order valence-corrected chi connectivity index (χ2v) is 12.7. The number of ether oxygens (including phenoxy) is 1. The maximum Gasteiger partial charge on any atom is 0.410 e.